The number of rotatable bonds is 3. The molecule has 114 valence electrons. The average Bonchev–Trinajstić information content (AvgIpc) is 2.41. The lowest BCUT2D eigenvalue weighted by Crippen LogP contribution is -2.63. The van der Waals surface area contributed by atoms with Crippen molar-refractivity contribution in [2.45, 2.75) is 56.9 Å². The molecule has 1 saturated heterocycles. The minimum atomic E-state index is -2.58. The van der Waals surface area contributed by atoms with Crippen LogP contribution in [-0.4, -0.2) is 36.4 Å². The maximum absolute atomic E-state index is 14.4. The van der Waals surface area contributed by atoms with Gasteiger partial charge in [-0.05, 0) is 25.2 Å². The molecule has 1 aliphatic carbocycles. The summed E-state index contributed by atoms with van der Waals surface area (Å²) in [6.45, 7) is 0.0519. The normalized spacial score (nSPS) is 29.4. The summed E-state index contributed by atoms with van der Waals surface area (Å²) < 4.78 is 37.2. The van der Waals surface area contributed by atoms with Gasteiger partial charge in [0.25, 0.3) is 0 Å². The van der Waals surface area contributed by atoms with Crippen LogP contribution in [-0.2, 0) is 15.1 Å². The van der Waals surface area contributed by atoms with Crippen LogP contribution in [0.15, 0.2) is 0 Å². The number of nitrogens with two attached hydrogens (primary N) is 1. The molecule has 0 radical (unpaired) electrons. The Kier molecular flexibility index (Phi) is 4.80. The Balaban J connectivity index is 2.39. The highest BCUT2D eigenvalue weighted by atomic mass is 32.2. The summed E-state index contributed by atoms with van der Waals surface area (Å²) in [7, 11) is -2.58. The van der Waals surface area contributed by atoms with Gasteiger partial charge in [0, 0.05) is 6.54 Å². The topological polar surface area (TPSA) is 80.5 Å². The first-order valence-electron chi connectivity index (χ1n) is 7.17. The molecule has 0 bridgehead atoms. The van der Waals surface area contributed by atoms with E-state index < -0.39 is 21.7 Å². The SMILES string of the molecule is NC(=O)[C@@]1(CC2CCCCC2)C(=S(=O)=O)CCCN1F. The van der Waals surface area contributed by atoms with Gasteiger partial charge in [0.15, 0.2) is 5.54 Å². The highest BCUT2D eigenvalue weighted by Gasteiger charge is 2.52. The molecule has 2 N–H and O–H groups in total. The summed E-state index contributed by atoms with van der Waals surface area (Å²) in [6, 6.07) is 0. The number of hydrogen-bond acceptors (Lipinski definition) is 4. The van der Waals surface area contributed by atoms with Crippen molar-refractivity contribution in [1.82, 2.24) is 5.12 Å². The number of piperidine rings is 1. The molecule has 1 saturated carbocycles. The minimum Gasteiger partial charge on any atom is -0.368 e. The number of hydrogen-bond donors (Lipinski definition) is 1. The number of carbonyl (C=O) groups is 1. The summed E-state index contributed by atoms with van der Waals surface area (Å²) in [5.41, 5.74) is 3.67. The number of halogens is 1. The molecule has 1 amide bonds. The molecular weight excluding hydrogens is 283 g/mol. The molecule has 0 unspecified atom stereocenters. The van der Waals surface area contributed by atoms with Crippen LogP contribution in [0.25, 0.3) is 0 Å². The zero-order valence-corrected chi connectivity index (χ0v) is 12.3. The highest BCUT2D eigenvalue weighted by Crippen LogP contribution is 2.37. The lowest BCUT2D eigenvalue weighted by molar-refractivity contribution is -0.141. The third-order valence-corrected chi connectivity index (χ3v) is 5.50. The molecule has 2 fully saturated rings. The van der Waals surface area contributed by atoms with Crippen molar-refractivity contribution in [1.29, 1.82) is 0 Å². The second-order valence-electron chi connectivity index (χ2n) is 5.78. The molecule has 7 heteroatoms. The molecule has 0 aromatic rings. The van der Waals surface area contributed by atoms with Crippen molar-refractivity contribution in [2.75, 3.05) is 6.54 Å². The standard InChI is InChI=1S/C13H21FN2O3S/c14-16-8-4-7-11(20(18)19)13(16,12(15)17)9-10-5-2-1-3-6-10/h10H,1-9H2,(H2,15,17)/t13-/m1/s1. The lowest BCUT2D eigenvalue weighted by atomic mass is 9.75. The van der Waals surface area contributed by atoms with Crippen LogP contribution in [0.4, 0.5) is 4.48 Å². The van der Waals surface area contributed by atoms with E-state index in [0.717, 1.165) is 32.1 Å². The maximum Gasteiger partial charge on any atom is 0.245 e. The molecular formula is C13H21FN2O3S. The second kappa shape index (κ2) is 6.22. The molecule has 20 heavy (non-hydrogen) atoms. The van der Waals surface area contributed by atoms with Gasteiger partial charge in [0.1, 0.15) is 0 Å². The smallest absolute Gasteiger partial charge is 0.245 e. The Bertz CT molecular complexity index is 506. The molecule has 0 spiro atoms. The third-order valence-electron chi connectivity index (χ3n) is 4.55. The summed E-state index contributed by atoms with van der Waals surface area (Å²) in [5, 5.41) is 0.360. The van der Waals surface area contributed by atoms with Crippen molar-refractivity contribution in [3.63, 3.8) is 0 Å². The Morgan fingerprint density at radius 3 is 2.50 bits per heavy atom. The maximum atomic E-state index is 14.4. The molecule has 1 aliphatic heterocycles. The first kappa shape index (κ1) is 15.4. The van der Waals surface area contributed by atoms with E-state index in [2.05, 4.69) is 0 Å². The largest absolute Gasteiger partial charge is 0.368 e. The monoisotopic (exact) mass is 304 g/mol. The van der Waals surface area contributed by atoms with E-state index in [1.807, 2.05) is 0 Å². The summed E-state index contributed by atoms with van der Waals surface area (Å²) in [6.07, 6.45) is 5.82. The van der Waals surface area contributed by atoms with E-state index in [1.165, 1.54) is 0 Å². The van der Waals surface area contributed by atoms with Crippen molar-refractivity contribution >= 4 is 21.1 Å². The van der Waals surface area contributed by atoms with Crippen LogP contribution in [0.3, 0.4) is 0 Å². The predicted molar refractivity (Wildman–Crippen MR) is 74.1 cm³/mol. The van der Waals surface area contributed by atoms with Crippen LogP contribution in [0.5, 0.6) is 0 Å². The molecule has 5 nitrogen and oxygen atoms in total. The summed E-state index contributed by atoms with van der Waals surface area (Å²) >= 11 is 0. The van der Waals surface area contributed by atoms with Gasteiger partial charge >= 0.3 is 0 Å². The Hall–Kier alpha value is -0.950. The quantitative estimate of drug-likeness (QED) is 0.628. The van der Waals surface area contributed by atoms with Gasteiger partial charge < -0.3 is 5.73 Å². The van der Waals surface area contributed by atoms with E-state index in [1.54, 1.807) is 0 Å². The van der Waals surface area contributed by atoms with E-state index in [4.69, 9.17) is 5.73 Å². The molecule has 0 aromatic carbocycles. The van der Waals surface area contributed by atoms with Gasteiger partial charge in [-0.2, -0.15) is 8.42 Å². The number of nitrogens with zero attached hydrogens (tertiary/aromatic N) is 1. The van der Waals surface area contributed by atoms with Crippen molar-refractivity contribution in [3.8, 4) is 0 Å². The zero-order chi connectivity index (χ0) is 14.8. The van der Waals surface area contributed by atoms with E-state index in [9.17, 15) is 17.7 Å². The highest BCUT2D eigenvalue weighted by molar-refractivity contribution is 7.73. The first-order chi connectivity index (χ1) is 9.48. The molecule has 2 rings (SSSR count). The fraction of sp³-hybridized carbons (Fsp3) is 0.846. The Morgan fingerprint density at radius 2 is 1.95 bits per heavy atom. The Labute approximate surface area is 119 Å². The average molecular weight is 304 g/mol. The molecule has 1 heterocycles. The fourth-order valence-electron chi connectivity index (χ4n) is 3.51. The molecule has 2 aliphatic rings. The molecule has 0 aromatic heterocycles. The van der Waals surface area contributed by atoms with Crippen LogP contribution in [0, 0.1) is 5.92 Å². The molecule has 1 atom stereocenters. The van der Waals surface area contributed by atoms with Crippen LogP contribution in [0.1, 0.15) is 51.4 Å². The predicted octanol–water partition coefficient (Wildman–Crippen LogP) is 1.21. The number of carbonyl (C=O) groups excluding carboxylic acids is 1. The zero-order valence-electron chi connectivity index (χ0n) is 11.5. The van der Waals surface area contributed by atoms with Gasteiger partial charge in [-0.15, -0.1) is 9.60 Å². The van der Waals surface area contributed by atoms with Gasteiger partial charge in [0.2, 0.25) is 16.2 Å². The number of amides is 1. The summed E-state index contributed by atoms with van der Waals surface area (Å²) in [5.74, 6) is -0.726. The minimum absolute atomic E-state index is 0.0519. The first-order valence-corrected chi connectivity index (χ1v) is 8.25. The van der Waals surface area contributed by atoms with Gasteiger partial charge in [-0.25, -0.2) is 0 Å². The van der Waals surface area contributed by atoms with E-state index in [-0.39, 0.29) is 30.2 Å². The van der Waals surface area contributed by atoms with Crippen LogP contribution >= 0.6 is 0 Å². The van der Waals surface area contributed by atoms with Crippen molar-refractivity contribution in [2.24, 2.45) is 11.7 Å². The fourth-order valence-corrected chi connectivity index (χ4v) is 4.38. The summed E-state index contributed by atoms with van der Waals surface area (Å²) in [4.78, 5) is 11.8. The van der Waals surface area contributed by atoms with Gasteiger partial charge in [0.05, 0.1) is 4.86 Å². The van der Waals surface area contributed by atoms with E-state index in [0.29, 0.717) is 11.5 Å². The number of primary amides is 1. The van der Waals surface area contributed by atoms with Crippen LogP contribution < -0.4 is 5.73 Å². The Morgan fingerprint density at radius 1 is 1.30 bits per heavy atom. The lowest BCUT2D eigenvalue weighted by Gasteiger charge is -2.41. The third kappa shape index (κ3) is 2.74. The van der Waals surface area contributed by atoms with Gasteiger partial charge in [-0.1, -0.05) is 32.1 Å². The van der Waals surface area contributed by atoms with Crippen LogP contribution in [0.2, 0.25) is 0 Å². The van der Waals surface area contributed by atoms with Gasteiger partial charge in [-0.3, -0.25) is 4.79 Å². The van der Waals surface area contributed by atoms with E-state index >= 15 is 0 Å². The second-order valence-corrected chi connectivity index (χ2v) is 6.74. The van der Waals surface area contributed by atoms with Crippen molar-refractivity contribution < 1.29 is 17.7 Å². The van der Waals surface area contributed by atoms with Crippen molar-refractivity contribution in [3.05, 3.63) is 0 Å².